The van der Waals surface area contributed by atoms with Gasteiger partial charge < -0.3 is 10.2 Å². The summed E-state index contributed by atoms with van der Waals surface area (Å²) in [6, 6.07) is 7.12. The molecule has 2 bridgehead atoms. The highest BCUT2D eigenvalue weighted by atomic mass is 79.9. The van der Waals surface area contributed by atoms with Gasteiger partial charge in [0, 0.05) is 29.3 Å². The fourth-order valence-corrected chi connectivity index (χ4v) is 3.48. The molecule has 2 saturated heterocycles. The number of nitrogens with zero attached hydrogens (tertiary/aromatic N) is 1. The minimum Gasteiger partial charge on any atom is -0.381 e. The van der Waals surface area contributed by atoms with Crippen LogP contribution in [0.1, 0.15) is 18.4 Å². The Kier molecular flexibility index (Phi) is 3.14. The van der Waals surface area contributed by atoms with E-state index in [-0.39, 0.29) is 0 Å². The van der Waals surface area contributed by atoms with Crippen molar-refractivity contribution in [2.45, 2.75) is 25.8 Å². The molecule has 0 aliphatic carbocycles. The SMILES string of the molecule is Cc1cccc(NC2CCN3CCC2C3)c1Br. The van der Waals surface area contributed by atoms with Crippen LogP contribution in [0.5, 0.6) is 0 Å². The molecule has 2 aliphatic rings. The fraction of sp³-hybridized carbons (Fsp3) is 0.571. The number of piperidine rings is 1. The van der Waals surface area contributed by atoms with E-state index in [1.54, 1.807) is 0 Å². The van der Waals surface area contributed by atoms with E-state index in [2.05, 4.69) is 51.3 Å². The van der Waals surface area contributed by atoms with Crippen molar-refractivity contribution in [3.05, 3.63) is 28.2 Å². The van der Waals surface area contributed by atoms with Crippen molar-refractivity contribution in [2.24, 2.45) is 5.92 Å². The first-order valence-electron chi connectivity index (χ1n) is 6.48. The molecule has 2 heterocycles. The van der Waals surface area contributed by atoms with Gasteiger partial charge in [0.1, 0.15) is 0 Å². The molecule has 1 aromatic rings. The van der Waals surface area contributed by atoms with Crippen LogP contribution in [0.3, 0.4) is 0 Å². The Bertz CT molecular complexity index is 419. The molecular weight excluding hydrogens is 276 g/mol. The smallest absolute Gasteiger partial charge is 0.0489 e. The van der Waals surface area contributed by atoms with Gasteiger partial charge in [-0.3, -0.25) is 0 Å². The number of rotatable bonds is 2. The normalized spacial score (nSPS) is 31.5. The third-order valence-corrected chi connectivity index (χ3v) is 5.22. The van der Waals surface area contributed by atoms with E-state index in [0.29, 0.717) is 6.04 Å². The molecule has 0 amide bonds. The molecule has 0 radical (unpaired) electrons. The van der Waals surface area contributed by atoms with Crippen LogP contribution < -0.4 is 5.32 Å². The third-order valence-electron chi connectivity index (χ3n) is 4.17. The summed E-state index contributed by atoms with van der Waals surface area (Å²) in [4.78, 5) is 2.59. The molecule has 2 aliphatic heterocycles. The number of benzene rings is 1. The van der Waals surface area contributed by atoms with Crippen LogP contribution in [0.15, 0.2) is 22.7 Å². The van der Waals surface area contributed by atoms with E-state index in [0.717, 1.165) is 5.92 Å². The highest BCUT2D eigenvalue weighted by molar-refractivity contribution is 9.10. The van der Waals surface area contributed by atoms with Crippen molar-refractivity contribution in [2.75, 3.05) is 25.0 Å². The van der Waals surface area contributed by atoms with Crippen LogP contribution in [0.4, 0.5) is 5.69 Å². The van der Waals surface area contributed by atoms with Crippen molar-refractivity contribution in [1.29, 1.82) is 0 Å². The molecule has 2 fully saturated rings. The van der Waals surface area contributed by atoms with Gasteiger partial charge in [0.05, 0.1) is 0 Å². The van der Waals surface area contributed by atoms with E-state index < -0.39 is 0 Å². The second-order valence-corrected chi connectivity index (χ2v) is 6.12. The number of aryl methyl sites for hydroxylation is 1. The Labute approximate surface area is 112 Å². The maximum atomic E-state index is 3.74. The van der Waals surface area contributed by atoms with Crippen LogP contribution in [-0.4, -0.2) is 30.6 Å². The minimum absolute atomic E-state index is 0.659. The highest BCUT2D eigenvalue weighted by Crippen LogP contribution is 2.32. The quantitative estimate of drug-likeness (QED) is 0.901. The number of hydrogen-bond acceptors (Lipinski definition) is 2. The van der Waals surface area contributed by atoms with Gasteiger partial charge >= 0.3 is 0 Å². The Morgan fingerprint density at radius 3 is 3.00 bits per heavy atom. The number of fused-ring (bicyclic) bond motifs is 2. The highest BCUT2D eigenvalue weighted by Gasteiger charge is 2.34. The summed E-state index contributed by atoms with van der Waals surface area (Å²) in [5.41, 5.74) is 2.56. The average Bonchev–Trinajstić information content (AvgIpc) is 2.71. The summed E-state index contributed by atoms with van der Waals surface area (Å²) >= 11 is 3.69. The summed E-state index contributed by atoms with van der Waals surface area (Å²) in [7, 11) is 0. The first-order valence-corrected chi connectivity index (χ1v) is 7.27. The molecule has 3 unspecified atom stereocenters. The van der Waals surface area contributed by atoms with Gasteiger partial charge in [0.25, 0.3) is 0 Å². The van der Waals surface area contributed by atoms with Crippen LogP contribution >= 0.6 is 15.9 Å². The lowest BCUT2D eigenvalue weighted by atomic mass is 9.94. The van der Waals surface area contributed by atoms with E-state index >= 15 is 0 Å². The van der Waals surface area contributed by atoms with Crippen LogP contribution in [0.25, 0.3) is 0 Å². The predicted octanol–water partition coefficient (Wildman–Crippen LogP) is 3.26. The fourth-order valence-electron chi connectivity index (χ4n) is 3.10. The Morgan fingerprint density at radius 2 is 2.12 bits per heavy atom. The summed E-state index contributed by atoms with van der Waals surface area (Å²) < 4.78 is 1.22. The van der Waals surface area contributed by atoms with Crippen LogP contribution in [0.2, 0.25) is 0 Å². The largest absolute Gasteiger partial charge is 0.381 e. The second-order valence-electron chi connectivity index (χ2n) is 5.33. The van der Waals surface area contributed by atoms with Gasteiger partial charge in [-0.15, -0.1) is 0 Å². The van der Waals surface area contributed by atoms with Crippen LogP contribution in [-0.2, 0) is 0 Å². The van der Waals surface area contributed by atoms with Gasteiger partial charge in [-0.05, 0) is 59.8 Å². The summed E-state index contributed by atoms with van der Waals surface area (Å²) in [6.07, 6.45) is 2.64. The van der Waals surface area contributed by atoms with Gasteiger partial charge in [-0.2, -0.15) is 0 Å². The zero-order valence-electron chi connectivity index (χ0n) is 10.2. The Hall–Kier alpha value is -0.540. The summed E-state index contributed by atoms with van der Waals surface area (Å²) in [5.74, 6) is 0.844. The first kappa shape index (κ1) is 11.5. The first-order chi connectivity index (χ1) is 8.24. The van der Waals surface area contributed by atoms with Crippen molar-refractivity contribution >= 4 is 21.6 Å². The lowest BCUT2D eigenvalue weighted by molar-refractivity contribution is 0.255. The lowest BCUT2D eigenvalue weighted by Gasteiger charge is -2.32. The van der Waals surface area contributed by atoms with Crippen molar-refractivity contribution < 1.29 is 0 Å². The topological polar surface area (TPSA) is 15.3 Å². The van der Waals surface area contributed by atoms with E-state index in [1.165, 1.54) is 48.2 Å². The third kappa shape index (κ3) is 2.23. The van der Waals surface area contributed by atoms with Gasteiger partial charge in [0.15, 0.2) is 0 Å². The average molecular weight is 295 g/mol. The van der Waals surface area contributed by atoms with Crippen molar-refractivity contribution in [3.8, 4) is 0 Å². The molecule has 17 heavy (non-hydrogen) atoms. The minimum atomic E-state index is 0.659. The van der Waals surface area contributed by atoms with Gasteiger partial charge in [-0.1, -0.05) is 12.1 Å². The molecule has 3 atom stereocenters. The zero-order chi connectivity index (χ0) is 11.8. The standard InChI is InChI=1S/C14H19BrN2/c1-10-3-2-4-13(14(10)15)16-12-6-8-17-7-5-11(12)9-17/h2-4,11-12,16H,5-9H2,1H3. The zero-order valence-corrected chi connectivity index (χ0v) is 11.8. The molecule has 0 spiro atoms. The monoisotopic (exact) mass is 294 g/mol. The van der Waals surface area contributed by atoms with E-state index in [1.807, 2.05) is 0 Å². The van der Waals surface area contributed by atoms with Gasteiger partial charge in [0.2, 0.25) is 0 Å². The maximum absolute atomic E-state index is 3.74. The molecule has 1 aromatic carbocycles. The van der Waals surface area contributed by atoms with E-state index in [4.69, 9.17) is 0 Å². The van der Waals surface area contributed by atoms with Crippen molar-refractivity contribution in [1.82, 2.24) is 4.90 Å². The molecule has 3 heteroatoms. The molecule has 92 valence electrons. The number of halogens is 1. The maximum Gasteiger partial charge on any atom is 0.0489 e. The van der Waals surface area contributed by atoms with E-state index in [9.17, 15) is 0 Å². The molecule has 1 N–H and O–H groups in total. The molecule has 0 aromatic heterocycles. The summed E-state index contributed by atoms with van der Waals surface area (Å²) in [6.45, 7) is 6.00. The Balaban J connectivity index is 1.76. The Morgan fingerprint density at radius 1 is 1.29 bits per heavy atom. The number of hydrogen-bond donors (Lipinski definition) is 1. The summed E-state index contributed by atoms with van der Waals surface area (Å²) in [5, 5.41) is 3.74. The predicted molar refractivity (Wildman–Crippen MR) is 75.5 cm³/mol. The number of anilines is 1. The van der Waals surface area contributed by atoms with Crippen molar-refractivity contribution in [3.63, 3.8) is 0 Å². The van der Waals surface area contributed by atoms with Crippen LogP contribution in [0, 0.1) is 12.8 Å². The molecule has 3 rings (SSSR count). The lowest BCUT2D eigenvalue weighted by Crippen LogP contribution is -2.39. The molecular formula is C14H19BrN2. The number of nitrogens with one attached hydrogen (secondary N) is 1. The van der Waals surface area contributed by atoms with Gasteiger partial charge in [-0.25, -0.2) is 0 Å². The molecule has 0 saturated carbocycles. The second kappa shape index (κ2) is 4.62. The molecule has 2 nitrogen and oxygen atoms in total.